The molecule has 1 amide bonds. The van der Waals surface area contributed by atoms with Crippen LogP contribution in [0.1, 0.15) is 18.1 Å². The van der Waals surface area contributed by atoms with Gasteiger partial charge in [-0.15, -0.1) is 0 Å². The molecule has 1 N–H and O–H groups in total. The van der Waals surface area contributed by atoms with E-state index in [0.29, 0.717) is 18.1 Å². The number of benzene rings is 3. The van der Waals surface area contributed by atoms with Crippen LogP contribution in [0.25, 0.3) is 0 Å². The molecule has 0 fully saturated rings. The van der Waals surface area contributed by atoms with Gasteiger partial charge in [0.05, 0.1) is 13.3 Å². The Bertz CT molecular complexity index is 972. The van der Waals surface area contributed by atoms with Gasteiger partial charge in [-0.25, -0.2) is 5.43 Å². The number of amides is 1. The number of nitrogens with one attached hydrogen (secondary N) is 1. The minimum Gasteiger partial charge on any atom is -0.496 e. The molecule has 0 aromatic heterocycles. The molecule has 0 spiro atoms. The van der Waals surface area contributed by atoms with Crippen LogP contribution in [0.2, 0.25) is 0 Å². The highest BCUT2D eigenvalue weighted by molar-refractivity contribution is 5.86. The molecule has 3 aromatic rings. The van der Waals surface area contributed by atoms with Gasteiger partial charge < -0.3 is 14.2 Å². The Morgan fingerprint density at radius 2 is 1.63 bits per heavy atom. The summed E-state index contributed by atoms with van der Waals surface area (Å²) in [6.45, 7) is 2.15. The molecule has 0 aliphatic rings. The summed E-state index contributed by atoms with van der Waals surface area (Å²) in [4.78, 5) is 12.2. The number of nitrogens with zero attached hydrogens (tertiary/aromatic N) is 1. The van der Waals surface area contributed by atoms with Gasteiger partial charge in [-0.1, -0.05) is 42.5 Å². The molecule has 154 valence electrons. The molecule has 0 bridgehead atoms. The highest BCUT2D eigenvalue weighted by atomic mass is 16.5. The predicted molar refractivity (Wildman–Crippen MR) is 116 cm³/mol. The number of para-hydroxylation sites is 1. The normalized spacial score (nSPS) is 11.7. The number of methoxy groups -OCH3 is 1. The molecule has 0 heterocycles. The number of rotatable bonds is 9. The van der Waals surface area contributed by atoms with Gasteiger partial charge in [0, 0.05) is 5.56 Å². The van der Waals surface area contributed by atoms with Crippen molar-refractivity contribution in [2.45, 2.75) is 19.6 Å². The van der Waals surface area contributed by atoms with Gasteiger partial charge in [-0.05, 0) is 48.9 Å². The van der Waals surface area contributed by atoms with E-state index in [2.05, 4.69) is 10.5 Å². The van der Waals surface area contributed by atoms with Gasteiger partial charge in [0.1, 0.15) is 23.9 Å². The van der Waals surface area contributed by atoms with Crippen LogP contribution in [0.5, 0.6) is 17.2 Å². The monoisotopic (exact) mass is 404 g/mol. The van der Waals surface area contributed by atoms with Crippen LogP contribution in [-0.4, -0.2) is 25.3 Å². The first-order valence-electron chi connectivity index (χ1n) is 9.55. The Morgan fingerprint density at radius 1 is 0.967 bits per heavy atom. The molecule has 0 aliphatic carbocycles. The lowest BCUT2D eigenvalue weighted by molar-refractivity contribution is -0.127. The first-order valence-corrected chi connectivity index (χ1v) is 9.55. The van der Waals surface area contributed by atoms with Crippen molar-refractivity contribution >= 4 is 12.1 Å². The minimum atomic E-state index is -0.712. The van der Waals surface area contributed by atoms with Gasteiger partial charge in [0.15, 0.2) is 6.10 Å². The Morgan fingerprint density at radius 3 is 2.37 bits per heavy atom. The van der Waals surface area contributed by atoms with Crippen molar-refractivity contribution < 1.29 is 19.0 Å². The largest absolute Gasteiger partial charge is 0.496 e. The maximum atomic E-state index is 12.2. The third kappa shape index (κ3) is 6.10. The lowest BCUT2D eigenvalue weighted by Gasteiger charge is -2.13. The molecule has 6 heteroatoms. The topological polar surface area (TPSA) is 69.2 Å². The summed E-state index contributed by atoms with van der Waals surface area (Å²) in [5.41, 5.74) is 4.34. The Hall–Kier alpha value is -3.80. The second kappa shape index (κ2) is 10.7. The average Bonchev–Trinajstić information content (AvgIpc) is 2.79. The highest BCUT2D eigenvalue weighted by Gasteiger charge is 2.14. The van der Waals surface area contributed by atoms with E-state index in [1.165, 1.54) is 6.21 Å². The van der Waals surface area contributed by atoms with Gasteiger partial charge >= 0.3 is 0 Å². The standard InChI is InChI=1S/C24H24N2O4/c1-18(24(27)26-25-16-20-10-6-7-11-23(20)28-2)30-22-14-12-21(13-15-22)29-17-19-8-4-3-5-9-19/h3-16,18H,17H2,1-2H3,(H,26,27)/b25-16+. The first kappa shape index (κ1) is 20.9. The van der Waals surface area contributed by atoms with Gasteiger partial charge in [0.2, 0.25) is 0 Å². The predicted octanol–water partition coefficient (Wildman–Crippen LogP) is 4.19. The number of ether oxygens (including phenoxy) is 3. The zero-order valence-electron chi connectivity index (χ0n) is 16.9. The molecule has 1 unspecified atom stereocenters. The van der Waals surface area contributed by atoms with Crippen molar-refractivity contribution in [3.8, 4) is 17.2 Å². The van der Waals surface area contributed by atoms with Crippen molar-refractivity contribution in [3.63, 3.8) is 0 Å². The minimum absolute atomic E-state index is 0.356. The third-order valence-corrected chi connectivity index (χ3v) is 4.27. The van der Waals surface area contributed by atoms with Crippen LogP contribution >= 0.6 is 0 Å². The Labute approximate surface area is 176 Å². The molecular formula is C24H24N2O4. The van der Waals surface area contributed by atoms with Crippen LogP contribution in [0, 0.1) is 0 Å². The SMILES string of the molecule is COc1ccccc1/C=N/NC(=O)C(C)Oc1ccc(OCc2ccccc2)cc1. The van der Waals surface area contributed by atoms with Gasteiger partial charge in [-0.3, -0.25) is 4.79 Å². The van der Waals surface area contributed by atoms with Crippen molar-refractivity contribution in [2.24, 2.45) is 5.10 Å². The zero-order chi connectivity index (χ0) is 21.2. The van der Waals surface area contributed by atoms with E-state index in [9.17, 15) is 4.79 Å². The second-order valence-corrected chi connectivity index (χ2v) is 6.48. The third-order valence-electron chi connectivity index (χ3n) is 4.27. The first-order chi connectivity index (χ1) is 14.7. The molecule has 0 aliphatic heterocycles. The zero-order valence-corrected chi connectivity index (χ0v) is 16.9. The number of hydrazone groups is 1. The van der Waals surface area contributed by atoms with Crippen molar-refractivity contribution in [3.05, 3.63) is 90.0 Å². The molecule has 1 atom stereocenters. The van der Waals surface area contributed by atoms with Gasteiger partial charge in [0.25, 0.3) is 5.91 Å². The fraction of sp³-hybridized carbons (Fsp3) is 0.167. The molecule has 0 radical (unpaired) electrons. The lowest BCUT2D eigenvalue weighted by Crippen LogP contribution is -2.33. The van der Waals surface area contributed by atoms with Crippen LogP contribution in [0.4, 0.5) is 0 Å². The quantitative estimate of drug-likeness (QED) is 0.429. The summed E-state index contributed by atoms with van der Waals surface area (Å²) < 4.78 is 16.7. The molecule has 0 saturated carbocycles. The lowest BCUT2D eigenvalue weighted by atomic mass is 10.2. The van der Waals surface area contributed by atoms with Crippen LogP contribution in [0.3, 0.4) is 0 Å². The average molecular weight is 404 g/mol. The summed E-state index contributed by atoms with van der Waals surface area (Å²) in [6.07, 6.45) is 0.818. The number of hydrogen-bond acceptors (Lipinski definition) is 5. The molecule has 3 aromatic carbocycles. The molecular weight excluding hydrogens is 380 g/mol. The molecule has 0 saturated heterocycles. The molecule has 6 nitrogen and oxygen atoms in total. The summed E-state index contributed by atoms with van der Waals surface area (Å²) >= 11 is 0. The maximum Gasteiger partial charge on any atom is 0.280 e. The van der Waals surface area contributed by atoms with E-state index in [-0.39, 0.29) is 5.91 Å². The number of carbonyl (C=O) groups is 1. The smallest absolute Gasteiger partial charge is 0.280 e. The second-order valence-electron chi connectivity index (χ2n) is 6.48. The van der Waals surface area contributed by atoms with Crippen molar-refractivity contribution in [1.29, 1.82) is 0 Å². The fourth-order valence-corrected chi connectivity index (χ4v) is 2.64. The summed E-state index contributed by atoms with van der Waals surface area (Å²) in [6, 6.07) is 24.5. The Balaban J connectivity index is 1.48. The highest BCUT2D eigenvalue weighted by Crippen LogP contribution is 2.20. The van der Waals surface area contributed by atoms with E-state index in [1.807, 2.05) is 66.7 Å². The van der Waals surface area contributed by atoms with Crippen molar-refractivity contribution in [1.82, 2.24) is 5.43 Å². The van der Waals surface area contributed by atoms with E-state index >= 15 is 0 Å². The summed E-state index contributed by atoms with van der Waals surface area (Å²) in [7, 11) is 1.58. The molecule has 30 heavy (non-hydrogen) atoms. The number of carbonyl (C=O) groups excluding carboxylic acids is 1. The summed E-state index contributed by atoms with van der Waals surface area (Å²) in [5, 5.41) is 3.98. The number of hydrogen-bond donors (Lipinski definition) is 1. The fourth-order valence-electron chi connectivity index (χ4n) is 2.64. The maximum absolute atomic E-state index is 12.2. The van der Waals surface area contributed by atoms with E-state index in [1.54, 1.807) is 26.2 Å². The van der Waals surface area contributed by atoms with Gasteiger partial charge in [-0.2, -0.15) is 5.10 Å². The van der Waals surface area contributed by atoms with E-state index in [0.717, 1.165) is 16.9 Å². The van der Waals surface area contributed by atoms with Crippen molar-refractivity contribution in [2.75, 3.05) is 7.11 Å². The molecule has 3 rings (SSSR count). The van der Waals surface area contributed by atoms with Crippen LogP contribution in [-0.2, 0) is 11.4 Å². The van der Waals surface area contributed by atoms with E-state index < -0.39 is 6.10 Å². The Kier molecular flexibility index (Phi) is 7.44. The van der Waals surface area contributed by atoms with Crippen LogP contribution in [0.15, 0.2) is 84.0 Å². The summed E-state index contributed by atoms with van der Waals surface area (Å²) in [5.74, 6) is 1.61. The van der Waals surface area contributed by atoms with E-state index in [4.69, 9.17) is 14.2 Å². The van der Waals surface area contributed by atoms with Crippen LogP contribution < -0.4 is 19.6 Å².